The normalized spacial score (nSPS) is 12.3. The fourth-order valence-electron chi connectivity index (χ4n) is 3.00. The first kappa shape index (κ1) is 16.9. The van der Waals surface area contributed by atoms with Crippen LogP contribution in [0, 0.1) is 11.3 Å². The van der Waals surface area contributed by atoms with E-state index in [4.69, 9.17) is 0 Å². The van der Waals surface area contributed by atoms with Crippen molar-refractivity contribution in [3.63, 3.8) is 0 Å². The van der Waals surface area contributed by atoms with Crippen LogP contribution in [0.4, 0.5) is 0 Å². The lowest BCUT2D eigenvalue weighted by Crippen LogP contribution is -2.13. The quantitative estimate of drug-likeness (QED) is 0.704. The summed E-state index contributed by atoms with van der Waals surface area (Å²) >= 11 is 0. The van der Waals surface area contributed by atoms with Crippen molar-refractivity contribution in [2.45, 2.75) is 5.25 Å². The van der Waals surface area contributed by atoms with Crippen molar-refractivity contribution in [1.82, 2.24) is 0 Å². The molecule has 0 spiro atoms. The topological polar surface area (TPSA) is 57.9 Å². The minimum Gasteiger partial charge on any atom is -0.228 e. The Kier molecular flexibility index (Phi) is 4.69. The van der Waals surface area contributed by atoms with Crippen LogP contribution in [0.25, 0.3) is 11.1 Å². The van der Waals surface area contributed by atoms with E-state index in [1.807, 2.05) is 54.6 Å². The second-order valence-electron chi connectivity index (χ2n) is 5.90. The molecule has 0 aliphatic rings. The molecule has 0 radical (unpaired) electrons. The smallest absolute Gasteiger partial charge is 0.158 e. The lowest BCUT2D eigenvalue weighted by atomic mass is 9.95. The van der Waals surface area contributed by atoms with Crippen LogP contribution in [0.1, 0.15) is 21.9 Å². The predicted molar refractivity (Wildman–Crippen MR) is 99.7 cm³/mol. The van der Waals surface area contributed by atoms with E-state index in [-0.39, 0.29) is 0 Å². The largest absolute Gasteiger partial charge is 0.228 e. The standard InChI is InChI=1S/C21H17NO2S/c1-25(23,24)21(17-10-6-3-7-11-17)18-12-13-20(19(14-18)15-22)16-8-4-2-5-9-16/h2-14,21H,1H3. The first-order chi connectivity index (χ1) is 12.0. The van der Waals surface area contributed by atoms with Gasteiger partial charge in [-0.15, -0.1) is 0 Å². The molecule has 3 aromatic carbocycles. The monoisotopic (exact) mass is 347 g/mol. The molecule has 0 N–H and O–H groups in total. The Bertz CT molecular complexity index is 1020. The second kappa shape index (κ2) is 6.92. The van der Waals surface area contributed by atoms with Crippen LogP contribution in [-0.2, 0) is 9.84 Å². The number of rotatable bonds is 4. The van der Waals surface area contributed by atoms with Crippen LogP contribution in [-0.4, -0.2) is 14.7 Å². The van der Waals surface area contributed by atoms with E-state index >= 15 is 0 Å². The number of hydrogen-bond acceptors (Lipinski definition) is 3. The molecule has 0 fully saturated rings. The molecule has 0 aliphatic heterocycles. The fourth-order valence-corrected chi connectivity index (χ4v) is 4.29. The summed E-state index contributed by atoms with van der Waals surface area (Å²) in [6.45, 7) is 0. The maximum absolute atomic E-state index is 12.4. The minimum atomic E-state index is -3.38. The van der Waals surface area contributed by atoms with E-state index in [1.165, 1.54) is 6.26 Å². The lowest BCUT2D eigenvalue weighted by Gasteiger charge is -2.17. The van der Waals surface area contributed by atoms with Crippen molar-refractivity contribution in [2.75, 3.05) is 6.26 Å². The summed E-state index contributed by atoms with van der Waals surface area (Å²) in [6, 6.07) is 26.2. The highest BCUT2D eigenvalue weighted by molar-refractivity contribution is 7.91. The zero-order valence-electron chi connectivity index (χ0n) is 13.8. The maximum Gasteiger partial charge on any atom is 0.158 e. The zero-order valence-corrected chi connectivity index (χ0v) is 14.6. The number of benzene rings is 3. The van der Waals surface area contributed by atoms with Gasteiger partial charge in [0.2, 0.25) is 0 Å². The molecular weight excluding hydrogens is 330 g/mol. The van der Waals surface area contributed by atoms with Crippen molar-refractivity contribution >= 4 is 9.84 Å². The average Bonchev–Trinajstić information content (AvgIpc) is 2.62. The number of nitrogens with zero attached hydrogens (tertiary/aromatic N) is 1. The Labute approximate surface area is 148 Å². The highest BCUT2D eigenvalue weighted by Crippen LogP contribution is 2.33. The van der Waals surface area contributed by atoms with Gasteiger partial charge in [-0.05, 0) is 28.3 Å². The fraction of sp³-hybridized carbons (Fsp3) is 0.0952. The summed E-state index contributed by atoms with van der Waals surface area (Å²) in [5, 5.41) is 8.77. The van der Waals surface area contributed by atoms with Gasteiger partial charge in [0.1, 0.15) is 5.25 Å². The third-order valence-corrected chi connectivity index (χ3v) is 5.48. The molecule has 4 heteroatoms. The van der Waals surface area contributed by atoms with Gasteiger partial charge in [0.15, 0.2) is 9.84 Å². The Morgan fingerprint density at radius 2 is 1.44 bits per heavy atom. The Balaban J connectivity index is 2.15. The summed E-state index contributed by atoms with van der Waals surface area (Å²) in [6.07, 6.45) is 1.22. The van der Waals surface area contributed by atoms with Gasteiger partial charge >= 0.3 is 0 Å². The van der Waals surface area contributed by atoms with Crippen LogP contribution >= 0.6 is 0 Å². The Hall–Kier alpha value is -2.90. The Morgan fingerprint density at radius 1 is 0.840 bits per heavy atom. The minimum absolute atomic E-state index is 0.466. The molecule has 3 aromatic rings. The molecular formula is C21H17NO2S. The summed E-state index contributed by atoms with van der Waals surface area (Å²) in [7, 11) is -3.38. The molecule has 0 amide bonds. The molecule has 0 bridgehead atoms. The van der Waals surface area contributed by atoms with Gasteiger partial charge in [-0.25, -0.2) is 8.42 Å². The van der Waals surface area contributed by atoms with Crippen LogP contribution in [0.5, 0.6) is 0 Å². The average molecular weight is 347 g/mol. The maximum atomic E-state index is 12.4. The van der Waals surface area contributed by atoms with Crippen molar-refractivity contribution in [2.24, 2.45) is 0 Å². The van der Waals surface area contributed by atoms with E-state index in [0.717, 1.165) is 11.1 Å². The molecule has 124 valence electrons. The molecule has 0 aromatic heterocycles. The summed E-state index contributed by atoms with van der Waals surface area (Å²) in [5.41, 5.74) is 3.49. The SMILES string of the molecule is CS(=O)(=O)C(c1ccccc1)c1ccc(-c2ccccc2)c(C#N)c1. The molecule has 25 heavy (non-hydrogen) atoms. The highest BCUT2D eigenvalue weighted by atomic mass is 32.2. The van der Waals surface area contributed by atoms with E-state index in [9.17, 15) is 13.7 Å². The molecule has 1 atom stereocenters. The van der Waals surface area contributed by atoms with Gasteiger partial charge in [-0.2, -0.15) is 5.26 Å². The Morgan fingerprint density at radius 3 is 2.00 bits per heavy atom. The molecule has 0 saturated heterocycles. The van der Waals surface area contributed by atoms with E-state index in [1.54, 1.807) is 24.3 Å². The third kappa shape index (κ3) is 3.62. The van der Waals surface area contributed by atoms with Gasteiger partial charge in [0, 0.05) is 6.26 Å². The second-order valence-corrected chi connectivity index (χ2v) is 8.03. The van der Waals surface area contributed by atoms with Crippen LogP contribution in [0.3, 0.4) is 0 Å². The molecule has 3 nitrogen and oxygen atoms in total. The number of sulfone groups is 1. The highest BCUT2D eigenvalue weighted by Gasteiger charge is 2.25. The van der Waals surface area contributed by atoms with Crippen molar-refractivity contribution in [3.05, 3.63) is 95.6 Å². The molecule has 0 heterocycles. The van der Waals surface area contributed by atoms with Crippen molar-refractivity contribution in [1.29, 1.82) is 5.26 Å². The molecule has 0 aliphatic carbocycles. The van der Waals surface area contributed by atoms with Gasteiger partial charge < -0.3 is 0 Å². The summed E-state index contributed by atoms with van der Waals surface area (Å²) < 4.78 is 24.8. The van der Waals surface area contributed by atoms with Crippen LogP contribution in [0.15, 0.2) is 78.9 Å². The van der Waals surface area contributed by atoms with Gasteiger partial charge in [0.05, 0.1) is 11.6 Å². The zero-order chi connectivity index (χ0) is 17.9. The molecule has 1 unspecified atom stereocenters. The van der Waals surface area contributed by atoms with Crippen LogP contribution < -0.4 is 0 Å². The lowest BCUT2D eigenvalue weighted by molar-refractivity contribution is 0.595. The predicted octanol–water partition coefficient (Wildman–Crippen LogP) is 4.36. The third-order valence-electron chi connectivity index (χ3n) is 4.08. The first-order valence-electron chi connectivity index (χ1n) is 7.84. The first-order valence-corrected chi connectivity index (χ1v) is 9.79. The van der Waals surface area contributed by atoms with E-state index in [2.05, 4.69) is 6.07 Å². The van der Waals surface area contributed by atoms with Gasteiger partial charge in [-0.1, -0.05) is 72.8 Å². The van der Waals surface area contributed by atoms with Crippen LogP contribution in [0.2, 0.25) is 0 Å². The summed E-state index contributed by atoms with van der Waals surface area (Å²) in [4.78, 5) is 0. The number of nitriles is 1. The van der Waals surface area contributed by atoms with E-state index in [0.29, 0.717) is 16.7 Å². The van der Waals surface area contributed by atoms with Gasteiger partial charge in [-0.3, -0.25) is 0 Å². The molecule has 0 saturated carbocycles. The number of hydrogen-bond donors (Lipinski definition) is 0. The van der Waals surface area contributed by atoms with Crippen molar-refractivity contribution < 1.29 is 8.42 Å². The van der Waals surface area contributed by atoms with Crippen molar-refractivity contribution in [3.8, 4) is 17.2 Å². The molecule has 3 rings (SSSR count). The summed E-state index contributed by atoms with van der Waals surface area (Å²) in [5.74, 6) is 0. The van der Waals surface area contributed by atoms with Gasteiger partial charge in [0.25, 0.3) is 0 Å². The van der Waals surface area contributed by atoms with E-state index < -0.39 is 15.1 Å².